The molecular formula is C25H24N6O. The van der Waals surface area contributed by atoms with Crippen molar-refractivity contribution in [3.8, 4) is 0 Å². The molecule has 32 heavy (non-hydrogen) atoms. The van der Waals surface area contributed by atoms with Crippen LogP contribution in [0.25, 0.3) is 11.0 Å². The highest BCUT2D eigenvalue weighted by Gasteiger charge is 2.38. The summed E-state index contributed by atoms with van der Waals surface area (Å²) in [7, 11) is 0. The van der Waals surface area contributed by atoms with Crippen molar-refractivity contribution in [2.45, 2.75) is 24.8 Å². The first-order valence-electron chi connectivity index (χ1n) is 11.1. The molecule has 1 N–H and O–H groups in total. The van der Waals surface area contributed by atoms with Gasteiger partial charge in [-0.3, -0.25) is 9.78 Å². The molecule has 160 valence electrons. The van der Waals surface area contributed by atoms with Crippen LogP contribution in [0.3, 0.4) is 0 Å². The fraction of sp³-hybridized carbons (Fsp3) is 0.280. The average molecular weight is 425 g/mol. The zero-order chi connectivity index (χ0) is 21.5. The minimum absolute atomic E-state index is 0.0637. The summed E-state index contributed by atoms with van der Waals surface area (Å²) in [5.74, 6) is 1.47. The number of amides is 1. The van der Waals surface area contributed by atoms with Crippen molar-refractivity contribution < 1.29 is 4.79 Å². The van der Waals surface area contributed by atoms with Crippen molar-refractivity contribution in [1.82, 2.24) is 24.8 Å². The van der Waals surface area contributed by atoms with Crippen LogP contribution in [0, 0.1) is 0 Å². The predicted molar refractivity (Wildman–Crippen MR) is 123 cm³/mol. The topological polar surface area (TPSA) is 78.0 Å². The lowest BCUT2D eigenvalue weighted by Gasteiger charge is -2.40. The van der Waals surface area contributed by atoms with Crippen LogP contribution in [0.1, 0.15) is 46.7 Å². The molecule has 0 bridgehead atoms. The highest BCUT2D eigenvalue weighted by Crippen LogP contribution is 2.39. The van der Waals surface area contributed by atoms with Crippen molar-refractivity contribution in [2.75, 3.05) is 24.5 Å². The van der Waals surface area contributed by atoms with E-state index in [1.807, 2.05) is 29.2 Å². The average Bonchev–Trinajstić information content (AvgIpc) is 3.46. The molecule has 0 spiro atoms. The lowest BCUT2D eigenvalue weighted by Crippen LogP contribution is -2.49. The molecule has 7 nitrogen and oxygen atoms in total. The van der Waals surface area contributed by atoms with E-state index in [9.17, 15) is 4.79 Å². The standard InChI is InChI=1S/C25H24N6O/c32-25(23-28-19-9-4-5-10-20(19)29-23)30-15-18(16-30)22-24(27-13-12-26-22)31-14-6-11-21(31)17-7-2-1-3-8-17/h1-5,7-10,12-13,18,21H,6,11,14-16H2,(H,28,29)/t21-/m1/s1. The molecule has 2 aliphatic heterocycles. The molecule has 1 amide bonds. The first kappa shape index (κ1) is 19.0. The maximum atomic E-state index is 12.9. The second kappa shape index (κ2) is 7.75. The third kappa shape index (κ3) is 3.21. The van der Waals surface area contributed by atoms with Gasteiger partial charge in [0.05, 0.1) is 22.8 Å². The number of H-pyrrole nitrogens is 1. The maximum Gasteiger partial charge on any atom is 0.289 e. The van der Waals surface area contributed by atoms with E-state index in [4.69, 9.17) is 9.97 Å². The van der Waals surface area contributed by atoms with Crippen LogP contribution in [0.4, 0.5) is 5.82 Å². The molecule has 4 heterocycles. The lowest BCUT2D eigenvalue weighted by molar-refractivity contribution is 0.0587. The normalized spacial score (nSPS) is 18.8. The summed E-state index contributed by atoms with van der Waals surface area (Å²) in [6, 6.07) is 18.6. The number of fused-ring (bicyclic) bond motifs is 1. The molecule has 2 aliphatic rings. The van der Waals surface area contributed by atoms with Crippen molar-refractivity contribution >= 4 is 22.8 Å². The van der Waals surface area contributed by atoms with Gasteiger partial charge in [0.1, 0.15) is 0 Å². The Labute approximate surface area is 186 Å². The molecule has 0 saturated carbocycles. The lowest BCUT2D eigenvalue weighted by atomic mass is 9.95. The van der Waals surface area contributed by atoms with E-state index in [0.29, 0.717) is 25.0 Å². The number of rotatable bonds is 4. The molecule has 2 aromatic heterocycles. The monoisotopic (exact) mass is 424 g/mol. The zero-order valence-electron chi connectivity index (χ0n) is 17.7. The molecule has 4 aromatic rings. The fourth-order valence-corrected chi connectivity index (χ4v) is 4.91. The number of imidazole rings is 1. The van der Waals surface area contributed by atoms with Gasteiger partial charge in [0.15, 0.2) is 11.6 Å². The van der Waals surface area contributed by atoms with Crippen LogP contribution in [-0.2, 0) is 0 Å². The summed E-state index contributed by atoms with van der Waals surface area (Å²) in [6.07, 6.45) is 5.78. The number of anilines is 1. The summed E-state index contributed by atoms with van der Waals surface area (Å²) in [6.45, 7) is 2.23. The van der Waals surface area contributed by atoms with E-state index in [1.54, 1.807) is 12.4 Å². The van der Waals surface area contributed by atoms with Crippen LogP contribution < -0.4 is 4.90 Å². The second-order valence-electron chi connectivity index (χ2n) is 8.54. The third-order valence-electron chi connectivity index (χ3n) is 6.56. The quantitative estimate of drug-likeness (QED) is 0.537. The van der Waals surface area contributed by atoms with E-state index in [-0.39, 0.29) is 11.8 Å². The Morgan fingerprint density at radius 2 is 1.75 bits per heavy atom. The van der Waals surface area contributed by atoms with Crippen LogP contribution >= 0.6 is 0 Å². The molecule has 1 atom stereocenters. The van der Waals surface area contributed by atoms with Crippen molar-refractivity contribution in [1.29, 1.82) is 0 Å². The van der Waals surface area contributed by atoms with Gasteiger partial charge < -0.3 is 14.8 Å². The number of benzene rings is 2. The number of carbonyl (C=O) groups is 1. The number of carbonyl (C=O) groups excluding carboxylic acids is 1. The highest BCUT2D eigenvalue weighted by molar-refractivity contribution is 5.94. The number of para-hydroxylation sites is 2. The first-order valence-corrected chi connectivity index (χ1v) is 11.1. The van der Waals surface area contributed by atoms with Gasteiger partial charge in [-0.25, -0.2) is 9.97 Å². The van der Waals surface area contributed by atoms with Crippen LogP contribution in [0.5, 0.6) is 0 Å². The molecule has 2 aromatic carbocycles. The van der Waals surface area contributed by atoms with Gasteiger partial charge in [-0.2, -0.15) is 0 Å². The minimum atomic E-state index is -0.0637. The third-order valence-corrected chi connectivity index (χ3v) is 6.56. The first-order chi connectivity index (χ1) is 15.8. The van der Waals surface area contributed by atoms with E-state index >= 15 is 0 Å². The van der Waals surface area contributed by atoms with Gasteiger partial charge in [-0.1, -0.05) is 42.5 Å². The van der Waals surface area contributed by atoms with Crippen LogP contribution in [0.2, 0.25) is 0 Å². The summed E-state index contributed by atoms with van der Waals surface area (Å²) in [5.41, 5.74) is 4.00. The van der Waals surface area contributed by atoms with E-state index < -0.39 is 0 Å². The Balaban J connectivity index is 1.21. The molecule has 0 aliphatic carbocycles. The van der Waals surface area contributed by atoms with Gasteiger partial charge >= 0.3 is 0 Å². The van der Waals surface area contributed by atoms with E-state index in [0.717, 1.165) is 41.9 Å². The second-order valence-corrected chi connectivity index (χ2v) is 8.54. The minimum Gasteiger partial charge on any atom is -0.348 e. The van der Waals surface area contributed by atoms with Crippen molar-refractivity contribution in [3.05, 3.63) is 84.1 Å². The fourth-order valence-electron chi connectivity index (χ4n) is 4.91. The largest absolute Gasteiger partial charge is 0.348 e. The highest BCUT2D eigenvalue weighted by atomic mass is 16.2. The summed E-state index contributed by atoms with van der Waals surface area (Å²) in [4.78, 5) is 34.2. The van der Waals surface area contributed by atoms with Crippen molar-refractivity contribution in [2.24, 2.45) is 0 Å². The van der Waals surface area contributed by atoms with Gasteiger partial charge in [-0.15, -0.1) is 0 Å². The van der Waals surface area contributed by atoms with Crippen LogP contribution in [-0.4, -0.2) is 50.4 Å². The zero-order valence-corrected chi connectivity index (χ0v) is 17.7. The Bertz CT molecular complexity index is 1230. The summed E-state index contributed by atoms with van der Waals surface area (Å²) < 4.78 is 0. The van der Waals surface area contributed by atoms with Gasteiger partial charge in [0, 0.05) is 37.9 Å². The van der Waals surface area contributed by atoms with E-state index in [1.165, 1.54) is 5.56 Å². The van der Waals surface area contributed by atoms with Crippen molar-refractivity contribution in [3.63, 3.8) is 0 Å². The number of hydrogen-bond acceptors (Lipinski definition) is 5. The summed E-state index contributed by atoms with van der Waals surface area (Å²) >= 11 is 0. The molecule has 2 fully saturated rings. The molecule has 0 radical (unpaired) electrons. The molecular weight excluding hydrogens is 400 g/mol. The molecule has 0 unspecified atom stereocenters. The number of likely N-dealkylation sites (tertiary alicyclic amines) is 1. The molecule has 2 saturated heterocycles. The number of aromatic amines is 1. The Kier molecular flexibility index (Phi) is 4.60. The molecule has 6 rings (SSSR count). The van der Waals surface area contributed by atoms with E-state index in [2.05, 4.69) is 45.2 Å². The maximum absolute atomic E-state index is 12.9. The van der Waals surface area contributed by atoms with Gasteiger partial charge in [0.2, 0.25) is 0 Å². The van der Waals surface area contributed by atoms with Gasteiger partial charge in [0.25, 0.3) is 5.91 Å². The molecule has 7 heteroatoms. The van der Waals surface area contributed by atoms with Gasteiger partial charge in [-0.05, 0) is 30.5 Å². The Hall–Kier alpha value is -3.74. The smallest absolute Gasteiger partial charge is 0.289 e. The number of nitrogens with zero attached hydrogens (tertiary/aromatic N) is 5. The SMILES string of the molecule is O=C(c1nc2ccccc2[nH]1)N1CC(c2nccnc2N2CCC[C@@H]2c2ccccc2)C1. The Morgan fingerprint density at radius 3 is 2.59 bits per heavy atom. The predicted octanol–water partition coefficient (Wildman–Crippen LogP) is 3.93. The number of nitrogens with one attached hydrogen (secondary N) is 1. The Morgan fingerprint density at radius 1 is 0.969 bits per heavy atom. The summed E-state index contributed by atoms with van der Waals surface area (Å²) in [5, 5.41) is 0. The number of hydrogen-bond donors (Lipinski definition) is 1. The number of aromatic nitrogens is 4. The van der Waals surface area contributed by atoms with Crippen LogP contribution in [0.15, 0.2) is 67.0 Å².